The second-order valence-electron chi connectivity index (χ2n) is 3.48. The quantitative estimate of drug-likeness (QED) is 0.627. The van der Waals surface area contributed by atoms with E-state index in [0.717, 1.165) is 0 Å². The van der Waals surface area contributed by atoms with Gasteiger partial charge in [-0.15, -0.1) is 0 Å². The van der Waals surface area contributed by atoms with Gasteiger partial charge >= 0.3 is 11.9 Å². The summed E-state index contributed by atoms with van der Waals surface area (Å²) in [6, 6.07) is 4.75. The summed E-state index contributed by atoms with van der Waals surface area (Å²) in [4.78, 5) is 22.2. The van der Waals surface area contributed by atoms with Crippen LogP contribution in [0.1, 0.15) is 35.7 Å². The number of aryl methyl sites for hydroxylation is 1. The minimum absolute atomic E-state index is 0.0180. The molecule has 0 atom stereocenters. The summed E-state index contributed by atoms with van der Waals surface area (Å²) >= 11 is 0. The molecule has 0 bridgehead atoms. The number of esters is 1. The number of carboxylic acid groups (broad SMARTS) is 1. The van der Waals surface area contributed by atoms with Crippen molar-refractivity contribution < 1.29 is 19.4 Å². The third-order valence-corrected chi connectivity index (χ3v) is 2.11. The first-order valence-corrected chi connectivity index (χ1v) is 5.09. The van der Waals surface area contributed by atoms with Gasteiger partial charge in [0.1, 0.15) is 11.3 Å². The molecular weight excluding hydrogens is 208 g/mol. The Morgan fingerprint density at radius 2 is 2.06 bits per heavy atom. The van der Waals surface area contributed by atoms with Crippen molar-refractivity contribution in [2.45, 2.75) is 26.7 Å². The van der Waals surface area contributed by atoms with Gasteiger partial charge in [0, 0.05) is 6.42 Å². The maximum atomic E-state index is 11.3. The van der Waals surface area contributed by atoms with Crippen LogP contribution in [0.2, 0.25) is 0 Å². The number of hydrogen-bond acceptors (Lipinski definition) is 3. The molecule has 0 aliphatic heterocycles. The third-order valence-electron chi connectivity index (χ3n) is 2.11. The van der Waals surface area contributed by atoms with Crippen LogP contribution < -0.4 is 4.74 Å². The van der Waals surface area contributed by atoms with Crippen molar-refractivity contribution in [1.82, 2.24) is 0 Å². The van der Waals surface area contributed by atoms with E-state index in [9.17, 15) is 9.59 Å². The zero-order valence-electron chi connectivity index (χ0n) is 9.32. The summed E-state index contributed by atoms with van der Waals surface area (Å²) in [6.07, 6.45) is 0.959. The molecular formula is C12H14O4. The molecule has 0 radical (unpaired) electrons. The number of carbonyl (C=O) groups excluding carboxylic acids is 1. The summed E-state index contributed by atoms with van der Waals surface area (Å²) in [5.41, 5.74) is 0.661. The highest BCUT2D eigenvalue weighted by Gasteiger charge is 2.15. The normalized spacial score (nSPS) is 9.88. The fourth-order valence-electron chi connectivity index (χ4n) is 1.33. The summed E-state index contributed by atoms with van der Waals surface area (Å²) in [6.45, 7) is 3.57. The molecule has 1 N–H and O–H groups in total. The molecule has 16 heavy (non-hydrogen) atoms. The van der Waals surface area contributed by atoms with Crippen LogP contribution in [0.3, 0.4) is 0 Å². The molecule has 0 fully saturated rings. The van der Waals surface area contributed by atoms with Crippen LogP contribution in [0.5, 0.6) is 5.75 Å². The van der Waals surface area contributed by atoms with Gasteiger partial charge in [-0.3, -0.25) is 4.79 Å². The Bertz CT molecular complexity index is 409. The average Bonchev–Trinajstić information content (AvgIpc) is 2.21. The van der Waals surface area contributed by atoms with E-state index in [-0.39, 0.29) is 17.7 Å². The maximum absolute atomic E-state index is 11.3. The van der Waals surface area contributed by atoms with Crippen molar-refractivity contribution >= 4 is 11.9 Å². The molecule has 0 heterocycles. The number of ether oxygens (including phenoxy) is 1. The van der Waals surface area contributed by atoms with Crippen molar-refractivity contribution in [3.63, 3.8) is 0 Å². The Balaban J connectivity index is 3.01. The molecule has 0 aromatic heterocycles. The van der Waals surface area contributed by atoms with Crippen molar-refractivity contribution in [2.75, 3.05) is 0 Å². The lowest BCUT2D eigenvalue weighted by Crippen LogP contribution is -2.11. The van der Waals surface area contributed by atoms with Crippen molar-refractivity contribution in [1.29, 1.82) is 0 Å². The Labute approximate surface area is 93.9 Å². The van der Waals surface area contributed by atoms with E-state index < -0.39 is 11.9 Å². The molecule has 4 nitrogen and oxygen atoms in total. The van der Waals surface area contributed by atoms with Gasteiger partial charge in [0.05, 0.1) is 0 Å². The summed E-state index contributed by atoms with van der Waals surface area (Å²) in [5, 5.41) is 8.94. The van der Waals surface area contributed by atoms with Crippen LogP contribution in [-0.4, -0.2) is 17.0 Å². The molecule has 4 heteroatoms. The first-order valence-electron chi connectivity index (χ1n) is 5.09. The molecule has 0 unspecified atom stereocenters. The van der Waals surface area contributed by atoms with E-state index in [4.69, 9.17) is 9.84 Å². The van der Waals surface area contributed by atoms with Crippen LogP contribution in [0, 0.1) is 6.92 Å². The number of benzene rings is 1. The molecule has 0 aliphatic carbocycles. The number of rotatable bonds is 4. The van der Waals surface area contributed by atoms with Gasteiger partial charge in [0.15, 0.2) is 0 Å². The zero-order valence-corrected chi connectivity index (χ0v) is 9.32. The Morgan fingerprint density at radius 3 is 2.62 bits per heavy atom. The van der Waals surface area contributed by atoms with Crippen LogP contribution in [0.4, 0.5) is 0 Å². The van der Waals surface area contributed by atoms with Crippen molar-refractivity contribution in [3.8, 4) is 5.75 Å². The molecule has 0 aliphatic rings. The predicted octanol–water partition coefficient (Wildman–Crippen LogP) is 2.40. The molecule has 0 saturated carbocycles. The fraction of sp³-hybridized carbons (Fsp3) is 0.333. The summed E-state index contributed by atoms with van der Waals surface area (Å²) in [7, 11) is 0. The Morgan fingerprint density at radius 1 is 1.38 bits per heavy atom. The second-order valence-corrected chi connectivity index (χ2v) is 3.48. The molecule has 0 spiro atoms. The smallest absolute Gasteiger partial charge is 0.339 e. The van der Waals surface area contributed by atoms with Gasteiger partial charge in [-0.2, -0.15) is 0 Å². The zero-order chi connectivity index (χ0) is 12.1. The standard InChI is InChI=1S/C12H14O4/c1-3-5-10(13)16-11-8(2)6-4-7-9(11)12(14)15/h4,6-7H,3,5H2,1-2H3,(H,14,15). The van der Waals surface area contributed by atoms with Crippen LogP contribution >= 0.6 is 0 Å². The maximum Gasteiger partial charge on any atom is 0.339 e. The monoisotopic (exact) mass is 222 g/mol. The Hall–Kier alpha value is -1.84. The topological polar surface area (TPSA) is 63.6 Å². The molecule has 0 amide bonds. The molecule has 0 saturated heterocycles. The first-order chi connectivity index (χ1) is 7.56. The van der Waals surface area contributed by atoms with Gasteiger partial charge in [-0.25, -0.2) is 4.79 Å². The van der Waals surface area contributed by atoms with E-state index in [2.05, 4.69) is 0 Å². The highest BCUT2D eigenvalue weighted by atomic mass is 16.5. The SMILES string of the molecule is CCCC(=O)Oc1c(C)cccc1C(=O)O. The van der Waals surface area contributed by atoms with Crippen LogP contribution in [0.15, 0.2) is 18.2 Å². The van der Waals surface area contributed by atoms with Gasteiger partial charge in [-0.05, 0) is 25.0 Å². The summed E-state index contributed by atoms with van der Waals surface area (Å²) in [5.74, 6) is -1.35. The van der Waals surface area contributed by atoms with Gasteiger partial charge in [0.25, 0.3) is 0 Å². The van der Waals surface area contributed by atoms with Crippen LogP contribution in [-0.2, 0) is 4.79 Å². The van der Waals surface area contributed by atoms with Crippen LogP contribution in [0.25, 0.3) is 0 Å². The van der Waals surface area contributed by atoms with E-state index in [1.807, 2.05) is 6.92 Å². The van der Waals surface area contributed by atoms with Crippen molar-refractivity contribution in [3.05, 3.63) is 29.3 Å². The number of para-hydroxylation sites is 1. The van der Waals surface area contributed by atoms with E-state index >= 15 is 0 Å². The number of carboxylic acids is 1. The molecule has 1 rings (SSSR count). The van der Waals surface area contributed by atoms with Crippen molar-refractivity contribution in [2.24, 2.45) is 0 Å². The minimum Gasteiger partial charge on any atom is -0.478 e. The largest absolute Gasteiger partial charge is 0.478 e. The molecule has 1 aromatic rings. The highest BCUT2D eigenvalue weighted by molar-refractivity contribution is 5.92. The van der Waals surface area contributed by atoms with E-state index in [1.165, 1.54) is 6.07 Å². The first kappa shape index (κ1) is 12.2. The Kier molecular flexibility index (Phi) is 4.05. The summed E-state index contributed by atoms with van der Waals surface area (Å²) < 4.78 is 5.06. The van der Waals surface area contributed by atoms with Gasteiger partial charge in [-0.1, -0.05) is 19.1 Å². The number of carbonyl (C=O) groups is 2. The van der Waals surface area contributed by atoms with E-state index in [0.29, 0.717) is 12.0 Å². The lowest BCUT2D eigenvalue weighted by Gasteiger charge is -2.09. The predicted molar refractivity (Wildman–Crippen MR) is 58.7 cm³/mol. The molecule has 86 valence electrons. The highest BCUT2D eigenvalue weighted by Crippen LogP contribution is 2.23. The average molecular weight is 222 g/mol. The van der Waals surface area contributed by atoms with Gasteiger partial charge in [0.2, 0.25) is 0 Å². The third kappa shape index (κ3) is 2.82. The number of aromatic carboxylic acids is 1. The lowest BCUT2D eigenvalue weighted by molar-refractivity contribution is -0.134. The van der Waals surface area contributed by atoms with E-state index in [1.54, 1.807) is 19.1 Å². The fourth-order valence-corrected chi connectivity index (χ4v) is 1.33. The molecule has 1 aromatic carbocycles. The second kappa shape index (κ2) is 5.30. The lowest BCUT2D eigenvalue weighted by atomic mass is 10.1. The van der Waals surface area contributed by atoms with Gasteiger partial charge < -0.3 is 9.84 Å². The number of hydrogen-bond donors (Lipinski definition) is 1. The minimum atomic E-state index is -1.09.